The van der Waals surface area contributed by atoms with E-state index in [-0.39, 0.29) is 11.3 Å². The zero-order valence-electron chi connectivity index (χ0n) is 15.4. The summed E-state index contributed by atoms with van der Waals surface area (Å²) in [7, 11) is 0. The summed E-state index contributed by atoms with van der Waals surface area (Å²) in [5.74, 6) is 1.13. The number of nitrogens with zero attached hydrogens (tertiary/aromatic N) is 3. The molecule has 1 amide bonds. The summed E-state index contributed by atoms with van der Waals surface area (Å²) >= 11 is 0. The molecule has 1 aromatic rings. The Morgan fingerprint density at radius 2 is 1.96 bits per heavy atom. The van der Waals surface area contributed by atoms with Gasteiger partial charge in [-0.25, -0.2) is 4.98 Å². The van der Waals surface area contributed by atoms with Gasteiger partial charge in [0.25, 0.3) is 0 Å². The largest absolute Gasteiger partial charge is 0.433 e. The molecule has 2 heterocycles. The van der Waals surface area contributed by atoms with Gasteiger partial charge in [-0.1, -0.05) is 19.9 Å². The van der Waals surface area contributed by atoms with E-state index in [2.05, 4.69) is 18.8 Å². The topological polar surface area (TPSA) is 36.4 Å². The van der Waals surface area contributed by atoms with Crippen LogP contribution in [-0.4, -0.2) is 42.0 Å². The number of rotatable bonds is 3. The first-order valence-corrected chi connectivity index (χ1v) is 9.34. The van der Waals surface area contributed by atoms with Gasteiger partial charge in [-0.3, -0.25) is 4.79 Å². The van der Waals surface area contributed by atoms with Gasteiger partial charge in [0.2, 0.25) is 5.91 Å². The van der Waals surface area contributed by atoms with Gasteiger partial charge in [-0.15, -0.1) is 0 Å². The Balaban J connectivity index is 1.65. The third kappa shape index (κ3) is 3.67. The highest BCUT2D eigenvalue weighted by atomic mass is 19.4. The van der Waals surface area contributed by atoms with E-state index in [1.807, 2.05) is 9.80 Å². The summed E-state index contributed by atoms with van der Waals surface area (Å²) in [6.45, 7) is 6.37. The predicted molar refractivity (Wildman–Crippen MR) is 93.8 cm³/mol. The Kier molecular flexibility index (Phi) is 5.17. The Hall–Kier alpha value is -1.79. The highest BCUT2D eigenvalue weighted by Gasteiger charge is 2.45. The van der Waals surface area contributed by atoms with E-state index in [4.69, 9.17) is 0 Å². The number of aromatic nitrogens is 1. The lowest BCUT2D eigenvalue weighted by atomic mass is 9.81. The molecular weight excluding hydrogens is 343 g/mol. The van der Waals surface area contributed by atoms with Crippen LogP contribution in [-0.2, 0) is 11.0 Å². The molecular formula is C19H26F3N3O. The molecule has 1 saturated carbocycles. The van der Waals surface area contributed by atoms with Crippen LogP contribution in [0.15, 0.2) is 18.2 Å². The number of anilines is 1. The monoisotopic (exact) mass is 369 g/mol. The maximum absolute atomic E-state index is 13.1. The van der Waals surface area contributed by atoms with Crippen molar-refractivity contribution in [1.29, 1.82) is 0 Å². The molecule has 0 N–H and O–H groups in total. The van der Waals surface area contributed by atoms with Crippen LogP contribution in [0.4, 0.5) is 19.0 Å². The van der Waals surface area contributed by atoms with Crippen molar-refractivity contribution in [1.82, 2.24) is 9.88 Å². The number of piperazine rings is 1. The number of pyridine rings is 1. The van der Waals surface area contributed by atoms with Gasteiger partial charge < -0.3 is 9.80 Å². The van der Waals surface area contributed by atoms with Crippen molar-refractivity contribution in [2.45, 2.75) is 45.7 Å². The molecule has 26 heavy (non-hydrogen) atoms. The van der Waals surface area contributed by atoms with E-state index in [1.54, 1.807) is 6.07 Å². The summed E-state index contributed by atoms with van der Waals surface area (Å²) in [5.41, 5.74) is -1.12. The normalized spacial score (nSPS) is 27.0. The number of amides is 1. The molecule has 0 radical (unpaired) electrons. The zero-order chi connectivity index (χ0) is 18.9. The summed E-state index contributed by atoms with van der Waals surface area (Å²) in [6.07, 6.45) is -0.615. The van der Waals surface area contributed by atoms with E-state index >= 15 is 0 Å². The van der Waals surface area contributed by atoms with Crippen LogP contribution >= 0.6 is 0 Å². The Labute approximate surface area is 152 Å². The summed E-state index contributed by atoms with van der Waals surface area (Å²) in [5, 5.41) is 0. The Morgan fingerprint density at radius 1 is 1.27 bits per heavy atom. The second-order valence-corrected chi connectivity index (χ2v) is 7.64. The fourth-order valence-corrected chi connectivity index (χ4v) is 4.29. The standard InChI is InChI=1S/C19H26F3N3O/c1-3-18(8-7-14(2)13-18)17(26)25-11-9-24(10-12-25)16-6-4-5-15(23-16)19(20,21)22/h4-6,14H,3,7-13H2,1-2H3/t14-,18+/m1/s1. The third-order valence-corrected chi connectivity index (χ3v) is 5.90. The highest BCUT2D eigenvalue weighted by Crippen LogP contribution is 2.45. The molecule has 144 valence electrons. The minimum Gasteiger partial charge on any atom is -0.353 e. The second kappa shape index (κ2) is 7.08. The molecule has 0 spiro atoms. The smallest absolute Gasteiger partial charge is 0.353 e. The van der Waals surface area contributed by atoms with Gasteiger partial charge in [-0.2, -0.15) is 13.2 Å². The zero-order valence-corrected chi connectivity index (χ0v) is 15.4. The third-order valence-electron chi connectivity index (χ3n) is 5.90. The van der Waals surface area contributed by atoms with Gasteiger partial charge in [0.05, 0.1) is 0 Å². The Morgan fingerprint density at radius 3 is 2.50 bits per heavy atom. The molecule has 4 nitrogen and oxygen atoms in total. The molecule has 7 heteroatoms. The van der Waals surface area contributed by atoms with Crippen LogP contribution in [0.25, 0.3) is 0 Å². The molecule has 3 rings (SSSR count). The molecule has 1 aliphatic heterocycles. The number of halogens is 3. The van der Waals surface area contributed by atoms with Crippen LogP contribution < -0.4 is 4.90 Å². The molecule has 0 unspecified atom stereocenters. The van der Waals surface area contributed by atoms with Gasteiger partial charge in [-0.05, 0) is 43.7 Å². The predicted octanol–water partition coefficient (Wildman–Crippen LogP) is 3.97. The van der Waals surface area contributed by atoms with Gasteiger partial charge >= 0.3 is 6.18 Å². The number of carbonyl (C=O) groups excluding carboxylic acids is 1. The van der Waals surface area contributed by atoms with E-state index in [1.165, 1.54) is 6.07 Å². The van der Waals surface area contributed by atoms with E-state index in [0.717, 1.165) is 31.7 Å². The maximum Gasteiger partial charge on any atom is 0.433 e. The van der Waals surface area contributed by atoms with Crippen molar-refractivity contribution < 1.29 is 18.0 Å². The average molecular weight is 369 g/mol. The van der Waals surface area contributed by atoms with Crippen molar-refractivity contribution in [2.24, 2.45) is 11.3 Å². The molecule has 1 saturated heterocycles. The Bertz CT molecular complexity index is 656. The van der Waals surface area contributed by atoms with Crippen molar-refractivity contribution in [3.63, 3.8) is 0 Å². The molecule has 1 aliphatic carbocycles. The van der Waals surface area contributed by atoms with Gasteiger partial charge in [0, 0.05) is 31.6 Å². The van der Waals surface area contributed by atoms with Crippen molar-refractivity contribution in [3.8, 4) is 0 Å². The first-order chi connectivity index (χ1) is 12.2. The van der Waals surface area contributed by atoms with Gasteiger partial charge in [0.15, 0.2) is 0 Å². The maximum atomic E-state index is 13.1. The molecule has 0 bridgehead atoms. The minimum atomic E-state index is -4.44. The summed E-state index contributed by atoms with van der Waals surface area (Å²) in [6, 6.07) is 3.96. The first-order valence-electron chi connectivity index (χ1n) is 9.34. The van der Waals surface area contributed by atoms with Crippen molar-refractivity contribution >= 4 is 11.7 Å². The molecule has 2 atom stereocenters. The summed E-state index contributed by atoms with van der Waals surface area (Å²) < 4.78 is 38.6. The van der Waals surface area contributed by atoms with E-state index in [0.29, 0.717) is 37.9 Å². The average Bonchev–Trinajstić information content (AvgIpc) is 3.03. The quantitative estimate of drug-likeness (QED) is 0.809. The van der Waals surface area contributed by atoms with Crippen molar-refractivity contribution in [3.05, 3.63) is 23.9 Å². The number of alkyl halides is 3. The minimum absolute atomic E-state index is 0.223. The lowest BCUT2D eigenvalue weighted by Gasteiger charge is -2.40. The SMILES string of the molecule is CC[C@]1(C(=O)N2CCN(c3cccc(C(F)(F)F)n3)CC2)CC[C@@H](C)C1. The lowest BCUT2D eigenvalue weighted by Crippen LogP contribution is -2.53. The van der Waals surface area contributed by atoms with Gasteiger partial charge in [0.1, 0.15) is 11.5 Å². The number of carbonyl (C=O) groups is 1. The lowest BCUT2D eigenvalue weighted by molar-refractivity contribution is -0.142. The second-order valence-electron chi connectivity index (χ2n) is 7.64. The molecule has 2 fully saturated rings. The van der Waals surface area contributed by atoms with Crippen LogP contribution in [0.5, 0.6) is 0 Å². The molecule has 0 aromatic carbocycles. The number of hydrogen-bond donors (Lipinski definition) is 0. The summed E-state index contributed by atoms with van der Waals surface area (Å²) in [4.78, 5) is 20.5. The van der Waals surface area contributed by atoms with E-state index < -0.39 is 11.9 Å². The first kappa shape index (κ1) is 19.0. The van der Waals surface area contributed by atoms with Crippen LogP contribution in [0.3, 0.4) is 0 Å². The van der Waals surface area contributed by atoms with Crippen molar-refractivity contribution in [2.75, 3.05) is 31.1 Å². The highest BCUT2D eigenvalue weighted by molar-refractivity contribution is 5.83. The fourth-order valence-electron chi connectivity index (χ4n) is 4.29. The van der Waals surface area contributed by atoms with Crippen LogP contribution in [0, 0.1) is 11.3 Å². The fraction of sp³-hybridized carbons (Fsp3) is 0.684. The van der Waals surface area contributed by atoms with Crippen LogP contribution in [0.1, 0.15) is 45.2 Å². The molecule has 2 aliphatic rings. The van der Waals surface area contributed by atoms with Crippen LogP contribution in [0.2, 0.25) is 0 Å². The van der Waals surface area contributed by atoms with E-state index in [9.17, 15) is 18.0 Å². The molecule has 1 aromatic heterocycles. The number of hydrogen-bond acceptors (Lipinski definition) is 3.